The molecule has 0 radical (unpaired) electrons. The van der Waals surface area contributed by atoms with Crippen molar-refractivity contribution < 1.29 is 28.7 Å². The van der Waals surface area contributed by atoms with Crippen LogP contribution < -0.4 is 10.1 Å². The van der Waals surface area contributed by atoms with E-state index in [1.54, 1.807) is 30.3 Å². The fourth-order valence-electron chi connectivity index (χ4n) is 3.82. The first-order valence-corrected chi connectivity index (χ1v) is 16.1. The van der Waals surface area contributed by atoms with E-state index in [1.165, 1.54) is 18.2 Å². The van der Waals surface area contributed by atoms with Crippen LogP contribution in [0.4, 0.5) is 10.5 Å². The predicted molar refractivity (Wildman–Crippen MR) is 176 cm³/mol. The van der Waals surface area contributed by atoms with Crippen LogP contribution in [-0.2, 0) is 20.9 Å². The van der Waals surface area contributed by atoms with Crippen LogP contribution in [0.1, 0.15) is 41.3 Å². The van der Waals surface area contributed by atoms with E-state index in [1.807, 2.05) is 19.1 Å². The molecule has 0 aromatic heterocycles. The molecule has 4 rings (SSSR count). The van der Waals surface area contributed by atoms with Gasteiger partial charge >= 0.3 is 5.97 Å². The molecule has 0 unspecified atom stereocenters. The molecular formula is C30H24Br2Cl2N2O6S. The summed E-state index contributed by atoms with van der Waals surface area (Å²) < 4.78 is 12.4. The van der Waals surface area contributed by atoms with Crippen molar-refractivity contribution in [1.29, 1.82) is 0 Å². The Morgan fingerprint density at radius 2 is 1.72 bits per heavy atom. The summed E-state index contributed by atoms with van der Waals surface area (Å²) in [6, 6.07) is 15.2. The Kier molecular flexibility index (Phi) is 11.7. The largest absolute Gasteiger partial charge is 0.487 e. The summed E-state index contributed by atoms with van der Waals surface area (Å²) in [6.07, 6.45) is 3.14. The molecular weight excluding hydrogens is 747 g/mol. The Balaban J connectivity index is 1.40. The van der Waals surface area contributed by atoms with Gasteiger partial charge in [0.1, 0.15) is 18.9 Å². The minimum absolute atomic E-state index is 0.100. The molecule has 1 saturated heterocycles. The molecule has 0 atom stereocenters. The van der Waals surface area contributed by atoms with Crippen LogP contribution in [0.15, 0.2) is 68.4 Å². The molecule has 0 bridgehead atoms. The summed E-state index contributed by atoms with van der Waals surface area (Å²) in [7, 11) is 0. The van der Waals surface area contributed by atoms with Gasteiger partial charge in [0.15, 0.2) is 0 Å². The van der Waals surface area contributed by atoms with E-state index >= 15 is 0 Å². The molecule has 3 amide bonds. The maximum absolute atomic E-state index is 13.0. The summed E-state index contributed by atoms with van der Waals surface area (Å²) in [6.45, 7) is 2.03. The fraction of sp³-hybridized carbons (Fsp3) is 0.200. The van der Waals surface area contributed by atoms with E-state index < -0.39 is 29.6 Å². The number of hydrogen-bond donors (Lipinski definition) is 1. The second-order valence-corrected chi connectivity index (χ2v) is 12.8. The number of anilines is 1. The summed E-state index contributed by atoms with van der Waals surface area (Å²) >= 11 is 19.8. The van der Waals surface area contributed by atoms with Crippen LogP contribution >= 0.6 is 66.8 Å². The predicted octanol–water partition coefficient (Wildman–Crippen LogP) is 8.73. The zero-order valence-corrected chi connectivity index (χ0v) is 28.1. The van der Waals surface area contributed by atoms with E-state index in [4.69, 9.17) is 32.7 Å². The Morgan fingerprint density at radius 1 is 1.02 bits per heavy atom. The van der Waals surface area contributed by atoms with Crippen LogP contribution in [0.2, 0.25) is 10.0 Å². The van der Waals surface area contributed by atoms with E-state index in [0.717, 1.165) is 28.6 Å². The van der Waals surface area contributed by atoms with Crippen LogP contribution in [0.3, 0.4) is 0 Å². The first-order valence-electron chi connectivity index (χ1n) is 12.9. The molecule has 13 heteroatoms. The average Bonchev–Trinajstić information content (AvgIpc) is 3.21. The third-order valence-corrected chi connectivity index (χ3v) is 8.66. The van der Waals surface area contributed by atoms with E-state index in [2.05, 4.69) is 37.2 Å². The van der Waals surface area contributed by atoms with Gasteiger partial charge in [-0.2, -0.15) is 0 Å². The molecule has 0 saturated carbocycles. The highest BCUT2D eigenvalue weighted by molar-refractivity contribution is 9.11. The van der Waals surface area contributed by atoms with E-state index in [-0.39, 0.29) is 27.8 Å². The maximum atomic E-state index is 13.0. The zero-order valence-electron chi connectivity index (χ0n) is 22.6. The number of esters is 1. The highest BCUT2D eigenvalue weighted by Crippen LogP contribution is 2.38. The number of benzene rings is 3. The number of ether oxygens (including phenoxy) is 2. The first kappa shape index (κ1) is 33.1. The first-order chi connectivity index (χ1) is 20.5. The minimum Gasteiger partial charge on any atom is -0.487 e. The van der Waals surface area contributed by atoms with Gasteiger partial charge in [0.25, 0.3) is 11.1 Å². The number of carbonyl (C=O) groups excluding carboxylic acids is 4. The van der Waals surface area contributed by atoms with Gasteiger partial charge in [-0.1, -0.05) is 48.7 Å². The van der Waals surface area contributed by atoms with Crippen molar-refractivity contribution in [3.05, 3.63) is 95.2 Å². The number of rotatable bonds is 11. The fourth-order valence-corrected chi connectivity index (χ4v) is 6.42. The van der Waals surface area contributed by atoms with Crippen molar-refractivity contribution in [1.82, 2.24) is 4.90 Å². The molecule has 3 aromatic carbocycles. The SMILES string of the molecule is CCCCOC(=O)c1cc(NC(=O)CN2C(=O)S/C(=C/c3cc(Br)c(OCc4ccc(Cl)cc4)c(Br)c3)C2=O)ccc1Cl. The van der Waals surface area contributed by atoms with Gasteiger partial charge in [-0.3, -0.25) is 19.3 Å². The quantitative estimate of drug-likeness (QED) is 0.118. The number of thioether (sulfide) groups is 1. The smallest absolute Gasteiger partial charge is 0.339 e. The average molecular weight is 771 g/mol. The van der Waals surface area contributed by atoms with Gasteiger partial charge in [-0.15, -0.1) is 0 Å². The molecule has 8 nitrogen and oxygen atoms in total. The van der Waals surface area contributed by atoms with Gasteiger partial charge < -0.3 is 14.8 Å². The summed E-state index contributed by atoms with van der Waals surface area (Å²) in [4.78, 5) is 51.8. The Labute approximate surface area is 279 Å². The summed E-state index contributed by atoms with van der Waals surface area (Å²) in [5, 5.41) is 2.83. The highest BCUT2D eigenvalue weighted by atomic mass is 79.9. The van der Waals surface area contributed by atoms with Gasteiger partial charge in [0.2, 0.25) is 5.91 Å². The third-order valence-electron chi connectivity index (χ3n) is 5.99. The number of halogens is 4. The molecule has 1 aliphatic rings. The Morgan fingerprint density at radius 3 is 2.40 bits per heavy atom. The molecule has 0 aliphatic carbocycles. The van der Waals surface area contributed by atoms with Crippen LogP contribution in [0, 0.1) is 0 Å². The van der Waals surface area contributed by atoms with E-state index in [0.29, 0.717) is 38.3 Å². The van der Waals surface area contributed by atoms with Crippen molar-refractivity contribution in [2.45, 2.75) is 26.4 Å². The molecule has 1 heterocycles. The molecule has 1 N–H and O–H groups in total. The number of imide groups is 1. The summed E-state index contributed by atoms with van der Waals surface area (Å²) in [5.74, 6) is -1.26. The van der Waals surface area contributed by atoms with Gasteiger partial charge in [-0.05, 0) is 110 Å². The number of amides is 3. The monoisotopic (exact) mass is 768 g/mol. The van der Waals surface area contributed by atoms with Crippen molar-refractivity contribution in [2.75, 3.05) is 18.5 Å². The Bertz CT molecular complexity index is 1580. The van der Waals surface area contributed by atoms with Gasteiger partial charge in [-0.25, -0.2) is 4.79 Å². The number of carbonyl (C=O) groups is 4. The maximum Gasteiger partial charge on any atom is 0.339 e. The lowest BCUT2D eigenvalue weighted by Crippen LogP contribution is -2.36. The van der Waals surface area contributed by atoms with Crippen LogP contribution in [0.5, 0.6) is 5.75 Å². The molecule has 1 aliphatic heterocycles. The van der Waals surface area contributed by atoms with E-state index in [9.17, 15) is 19.2 Å². The van der Waals surface area contributed by atoms with Crippen molar-refractivity contribution >= 4 is 102 Å². The number of unbranched alkanes of at least 4 members (excludes halogenated alkanes) is 1. The second kappa shape index (κ2) is 15.3. The molecule has 1 fully saturated rings. The molecule has 0 spiro atoms. The van der Waals surface area contributed by atoms with Gasteiger partial charge in [0.05, 0.1) is 31.0 Å². The Hall–Kier alpha value is -2.83. The lowest BCUT2D eigenvalue weighted by atomic mass is 10.2. The van der Waals surface area contributed by atoms with Crippen LogP contribution in [0.25, 0.3) is 6.08 Å². The van der Waals surface area contributed by atoms with Crippen molar-refractivity contribution in [3.8, 4) is 5.75 Å². The van der Waals surface area contributed by atoms with Crippen molar-refractivity contribution in [2.24, 2.45) is 0 Å². The highest BCUT2D eigenvalue weighted by Gasteiger charge is 2.36. The number of nitrogens with one attached hydrogen (secondary N) is 1. The molecule has 224 valence electrons. The minimum atomic E-state index is -0.621. The normalized spacial score (nSPS) is 13.9. The second-order valence-electron chi connectivity index (χ2n) is 9.23. The number of nitrogens with zero attached hydrogens (tertiary/aromatic N) is 1. The standard InChI is InChI=1S/C30H24Br2Cl2N2O6S/c1-2-3-10-41-29(39)21-14-20(8-9-24(21)34)35-26(37)15-36-28(38)25(43-30(36)40)13-18-11-22(31)27(23(32)12-18)42-16-17-4-6-19(33)7-5-17/h4-9,11-14H,2-3,10,15-16H2,1H3,(H,35,37)/b25-13+. The molecule has 3 aromatic rings. The number of hydrogen-bond acceptors (Lipinski definition) is 7. The van der Waals surface area contributed by atoms with Gasteiger partial charge in [0, 0.05) is 10.7 Å². The van der Waals surface area contributed by atoms with Crippen LogP contribution in [-0.4, -0.2) is 41.1 Å². The zero-order chi connectivity index (χ0) is 31.1. The topological polar surface area (TPSA) is 102 Å². The molecule has 43 heavy (non-hydrogen) atoms. The van der Waals surface area contributed by atoms with Crippen molar-refractivity contribution in [3.63, 3.8) is 0 Å². The lowest BCUT2D eigenvalue weighted by molar-refractivity contribution is -0.127. The third kappa shape index (κ3) is 8.86. The lowest BCUT2D eigenvalue weighted by Gasteiger charge is -2.13. The summed E-state index contributed by atoms with van der Waals surface area (Å²) in [5.41, 5.74) is 1.94.